The lowest BCUT2D eigenvalue weighted by molar-refractivity contribution is -0.0105. The quantitative estimate of drug-likeness (QED) is 0.925. The van der Waals surface area contributed by atoms with Crippen LogP contribution in [0.15, 0.2) is 22.7 Å². The molecular weight excluding hydrogens is 294 g/mol. The van der Waals surface area contributed by atoms with E-state index in [4.69, 9.17) is 9.47 Å². The first-order valence-electron chi connectivity index (χ1n) is 6.25. The minimum Gasteiger partial charge on any atom is -0.496 e. The topological polar surface area (TPSA) is 30.5 Å². The number of benzene rings is 1. The van der Waals surface area contributed by atoms with E-state index < -0.39 is 0 Å². The second-order valence-corrected chi connectivity index (χ2v) is 5.73. The lowest BCUT2D eigenvalue weighted by Crippen LogP contribution is -2.39. The zero-order chi connectivity index (χ0) is 13.2. The van der Waals surface area contributed by atoms with Crippen molar-refractivity contribution in [2.24, 2.45) is 0 Å². The molecular formula is C14H20BrNO2. The molecule has 1 aromatic carbocycles. The van der Waals surface area contributed by atoms with Crippen LogP contribution in [0.25, 0.3) is 0 Å². The van der Waals surface area contributed by atoms with E-state index in [0.717, 1.165) is 29.7 Å². The fourth-order valence-electron chi connectivity index (χ4n) is 2.72. The van der Waals surface area contributed by atoms with Gasteiger partial charge in [0, 0.05) is 6.61 Å². The number of methoxy groups -OCH3 is 1. The summed E-state index contributed by atoms with van der Waals surface area (Å²) >= 11 is 3.54. The molecule has 0 aliphatic carbocycles. The van der Waals surface area contributed by atoms with Gasteiger partial charge in [-0.25, -0.2) is 0 Å². The maximum absolute atomic E-state index is 5.94. The van der Waals surface area contributed by atoms with Gasteiger partial charge in [0.05, 0.1) is 23.2 Å². The third-order valence-electron chi connectivity index (χ3n) is 3.66. The van der Waals surface area contributed by atoms with Crippen LogP contribution < -0.4 is 10.1 Å². The number of nitrogens with one attached hydrogen (secondary N) is 1. The standard InChI is InChI=1S/C14H20BrNO2/c1-14(7-4-8-18-14)13(16-2)10-5-6-12(17-3)11(15)9-10/h5-6,9,13,16H,4,7-8H2,1-3H3. The molecule has 0 radical (unpaired) electrons. The second-order valence-electron chi connectivity index (χ2n) is 4.88. The van der Waals surface area contributed by atoms with E-state index in [1.165, 1.54) is 5.56 Å². The maximum atomic E-state index is 5.94. The van der Waals surface area contributed by atoms with Gasteiger partial charge in [-0.15, -0.1) is 0 Å². The van der Waals surface area contributed by atoms with Crippen LogP contribution in [0.4, 0.5) is 0 Å². The first kappa shape index (κ1) is 13.8. The average Bonchev–Trinajstić information content (AvgIpc) is 2.78. The van der Waals surface area contributed by atoms with E-state index in [1.54, 1.807) is 7.11 Å². The van der Waals surface area contributed by atoms with Gasteiger partial charge in [-0.3, -0.25) is 0 Å². The third-order valence-corrected chi connectivity index (χ3v) is 4.28. The molecule has 0 spiro atoms. The predicted octanol–water partition coefficient (Wildman–Crippen LogP) is 3.29. The molecule has 18 heavy (non-hydrogen) atoms. The van der Waals surface area contributed by atoms with Crippen LogP contribution in [0, 0.1) is 0 Å². The van der Waals surface area contributed by atoms with E-state index in [0.29, 0.717) is 0 Å². The molecule has 1 aliphatic heterocycles. The Hall–Kier alpha value is -0.580. The van der Waals surface area contributed by atoms with Crippen molar-refractivity contribution in [2.45, 2.75) is 31.4 Å². The van der Waals surface area contributed by atoms with Gasteiger partial charge >= 0.3 is 0 Å². The van der Waals surface area contributed by atoms with Gasteiger partial charge in [-0.2, -0.15) is 0 Å². The van der Waals surface area contributed by atoms with E-state index in [2.05, 4.69) is 40.3 Å². The Morgan fingerprint density at radius 3 is 2.78 bits per heavy atom. The van der Waals surface area contributed by atoms with Gasteiger partial charge in [0.25, 0.3) is 0 Å². The fraction of sp³-hybridized carbons (Fsp3) is 0.571. The van der Waals surface area contributed by atoms with Crippen molar-refractivity contribution in [1.29, 1.82) is 0 Å². The number of ether oxygens (including phenoxy) is 2. The van der Waals surface area contributed by atoms with Crippen molar-refractivity contribution in [3.63, 3.8) is 0 Å². The van der Waals surface area contributed by atoms with Crippen molar-refractivity contribution >= 4 is 15.9 Å². The summed E-state index contributed by atoms with van der Waals surface area (Å²) in [4.78, 5) is 0. The smallest absolute Gasteiger partial charge is 0.133 e. The lowest BCUT2D eigenvalue weighted by atomic mass is 9.88. The van der Waals surface area contributed by atoms with Crippen molar-refractivity contribution in [3.8, 4) is 5.75 Å². The van der Waals surface area contributed by atoms with Gasteiger partial charge in [-0.05, 0) is 60.4 Å². The average molecular weight is 314 g/mol. The highest BCUT2D eigenvalue weighted by Crippen LogP contribution is 2.39. The molecule has 0 saturated carbocycles. The largest absolute Gasteiger partial charge is 0.496 e. The molecule has 0 amide bonds. The van der Waals surface area contributed by atoms with Crippen molar-refractivity contribution in [3.05, 3.63) is 28.2 Å². The van der Waals surface area contributed by atoms with E-state index in [1.807, 2.05) is 13.1 Å². The maximum Gasteiger partial charge on any atom is 0.133 e. The van der Waals surface area contributed by atoms with Crippen molar-refractivity contribution in [1.82, 2.24) is 5.32 Å². The molecule has 1 aliphatic rings. The molecule has 4 heteroatoms. The van der Waals surface area contributed by atoms with Crippen LogP contribution in [-0.2, 0) is 4.74 Å². The van der Waals surface area contributed by atoms with Crippen LogP contribution in [0.5, 0.6) is 5.75 Å². The highest BCUT2D eigenvalue weighted by molar-refractivity contribution is 9.10. The van der Waals surface area contributed by atoms with Gasteiger partial charge in [0.15, 0.2) is 0 Å². The Kier molecular flexibility index (Phi) is 4.30. The molecule has 1 aromatic rings. The summed E-state index contributed by atoms with van der Waals surface area (Å²) in [6, 6.07) is 6.38. The first-order valence-corrected chi connectivity index (χ1v) is 7.04. The van der Waals surface area contributed by atoms with Crippen LogP contribution in [0.3, 0.4) is 0 Å². The van der Waals surface area contributed by atoms with Crippen LogP contribution in [0.1, 0.15) is 31.4 Å². The minimum absolute atomic E-state index is 0.122. The van der Waals surface area contributed by atoms with Crippen LogP contribution >= 0.6 is 15.9 Å². The monoisotopic (exact) mass is 313 g/mol. The molecule has 100 valence electrons. The predicted molar refractivity (Wildman–Crippen MR) is 76.1 cm³/mol. The molecule has 0 aromatic heterocycles. The first-order chi connectivity index (χ1) is 8.60. The SMILES string of the molecule is CNC(c1ccc(OC)c(Br)c1)C1(C)CCCO1. The van der Waals surface area contributed by atoms with Gasteiger partial charge in [0.1, 0.15) is 5.75 Å². The molecule has 1 N–H and O–H groups in total. The Morgan fingerprint density at radius 1 is 1.50 bits per heavy atom. The molecule has 2 unspecified atom stereocenters. The van der Waals surface area contributed by atoms with Crippen LogP contribution in [0.2, 0.25) is 0 Å². The van der Waals surface area contributed by atoms with Gasteiger partial charge < -0.3 is 14.8 Å². The molecule has 2 atom stereocenters. The molecule has 1 saturated heterocycles. The summed E-state index contributed by atoms with van der Waals surface area (Å²) in [6.45, 7) is 3.03. The summed E-state index contributed by atoms with van der Waals surface area (Å²) in [5, 5.41) is 3.38. The minimum atomic E-state index is -0.122. The van der Waals surface area contributed by atoms with E-state index >= 15 is 0 Å². The Balaban J connectivity index is 2.30. The Bertz CT molecular complexity index is 416. The summed E-state index contributed by atoms with van der Waals surface area (Å²) in [5.74, 6) is 0.853. The zero-order valence-electron chi connectivity index (χ0n) is 11.1. The van der Waals surface area contributed by atoms with E-state index in [-0.39, 0.29) is 11.6 Å². The highest BCUT2D eigenvalue weighted by Gasteiger charge is 2.38. The Morgan fingerprint density at radius 2 is 2.28 bits per heavy atom. The molecule has 3 nitrogen and oxygen atoms in total. The third kappa shape index (κ3) is 2.56. The summed E-state index contributed by atoms with van der Waals surface area (Å²) < 4.78 is 12.2. The number of likely N-dealkylation sites (N-methyl/N-ethyl adjacent to an activating group) is 1. The Labute approximate surface area is 117 Å². The molecule has 1 fully saturated rings. The number of hydrogen-bond donors (Lipinski definition) is 1. The van der Waals surface area contributed by atoms with Gasteiger partial charge in [0.2, 0.25) is 0 Å². The second kappa shape index (κ2) is 5.59. The summed E-state index contributed by atoms with van der Waals surface area (Å²) in [6.07, 6.45) is 2.22. The normalized spacial score (nSPS) is 25.1. The lowest BCUT2D eigenvalue weighted by Gasteiger charge is -2.33. The van der Waals surface area contributed by atoms with E-state index in [9.17, 15) is 0 Å². The van der Waals surface area contributed by atoms with Crippen molar-refractivity contribution in [2.75, 3.05) is 20.8 Å². The molecule has 1 heterocycles. The molecule has 0 bridgehead atoms. The van der Waals surface area contributed by atoms with Crippen molar-refractivity contribution < 1.29 is 9.47 Å². The summed E-state index contributed by atoms with van der Waals surface area (Å²) in [5.41, 5.74) is 1.09. The fourth-order valence-corrected chi connectivity index (χ4v) is 3.27. The van der Waals surface area contributed by atoms with Crippen LogP contribution in [-0.4, -0.2) is 26.4 Å². The molecule has 2 rings (SSSR count). The number of halogens is 1. The zero-order valence-corrected chi connectivity index (χ0v) is 12.7. The summed E-state index contributed by atoms with van der Waals surface area (Å²) in [7, 11) is 3.66. The number of rotatable bonds is 4. The number of hydrogen-bond acceptors (Lipinski definition) is 3. The van der Waals surface area contributed by atoms with Gasteiger partial charge in [-0.1, -0.05) is 6.07 Å². The highest BCUT2D eigenvalue weighted by atomic mass is 79.9.